The average Bonchev–Trinajstić information content (AvgIpc) is 2.87. The molecule has 1 aromatic heterocycles. The molecule has 7 heteroatoms. The maximum Gasteiger partial charge on any atom is 0.250 e. The van der Waals surface area contributed by atoms with Gasteiger partial charge in [0.15, 0.2) is 0 Å². The van der Waals surface area contributed by atoms with E-state index in [0.717, 1.165) is 30.8 Å². The van der Waals surface area contributed by atoms with Crippen LogP contribution in [0.25, 0.3) is 0 Å². The molecule has 1 saturated heterocycles. The van der Waals surface area contributed by atoms with Crippen molar-refractivity contribution in [2.24, 2.45) is 5.92 Å². The highest BCUT2D eigenvalue weighted by Gasteiger charge is 2.20. The Bertz CT molecular complexity index is 539. The second-order valence-electron chi connectivity index (χ2n) is 4.17. The molecule has 0 aliphatic carbocycles. The van der Waals surface area contributed by atoms with E-state index < -0.39 is 10.0 Å². The molecule has 1 N–H and O–H groups in total. The van der Waals surface area contributed by atoms with E-state index in [9.17, 15) is 8.42 Å². The van der Waals surface area contributed by atoms with Crippen molar-refractivity contribution in [1.29, 1.82) is 5.26 Å². The molecule has 2 rings (SSSR count). The summed E-state index contributed by atoms with van der Waals surface area (Å²) in [5, 5.41) is 8.68. The van der Waals surface area contributed by atoms with Crippen molar-refractivity contribution >= 4 is 21.4 Å². The van der Waals surface area contributed by atoms with Crippen LogP contribution in [-0.4, -0.2) is 28.2 Å². The van der Waals surface area contributed by atoms with Gasteiger partial charge in [-0.3, -0.25) is 0 Å². The molecule has 5 nitrogen and oxygen atoms in total. The van der Waals surface area contributed by atoms with E-state index in [0.29, 0.717) is 18.0 Å². The van der Waals surface area contributed by atoms with Gasteiger partial charge in [-0.05, 0) is 30.9 Å². The minimum atomic E-state index is -3.49. The predicted octanol–water partition coefficient (Wildman–Crippen LogP) is 1.32. The summed E-state index contributed by atoms with van der Waals surface area (Å²) in [6, 6.07) is 4.91. The zero-order valence-electron chi connectivity index (χ0n) is 9.76. The van der Waals surface area contributed by atoms with Gasteiger partial charge in [0.05, 0.1) is 6.61 Å². The lowest BCUT2D eigenvalue weighted by molar-refractivity contribution is 0.0568. The first-order chi connectivity index (χ1) is 8.62. The number of nitrogens with one attached hydrogen (secondary N) is 1. The van der Waals surface area contributed by atoms with Crippen LogP contribution in [0.3, 0.4) is 0 Å². The monoisotopic (exact) mass is 286 g/mol. The number of hydrogen-bond donors (Lipinski definition) is 1. The number of hydrogen-bond acceptors (Lipinski definition) is 5. The first-order valence-electron chi connectivity index (χ1n) is 5.69. The first-order valence-corrected chi connectivity index (χ1v) is 7.99. The topological polar surface area (TPSA) is 79.2 Å². The summed E-state index contributed by atoms with van der Waals surface area (Å²) < 4.78 is 32.0. The number of nitriles is 1. The molecule has 1 fully saturated rings. The van der Waals surface area contributed by atoms with Crippen LogP contribution in [0.15, 0.2) is 16.3 Å². The van der Waals surface area contributed by atoms with E-state index in [4.69, 9.17) is 10.00 Å². The molecule has 0 aromatic carbocycles. The summed E-state index contributed by atoms with van der Waals surface area (Å²) in [5.74, 6) is 0.240. The number of rotatable bonds is 4. The van der Waals surface area contributed by atoms with E-state index in [1.165, 1.54) is 12.1 Å². The number of sulfonamides is 1. The van der Waals surface area contributed by atoms with Crippen LogP contribution in [0.5, 0.6) is 0 Å². The second-order valence-corrected chi connectivity index (χ2v) is 7.24. The van der Waals surface area contributed by atoms with Gasteiger partial charge < -0.3 is 4.74 Å². The summed E-state index contributed by atoms with van der Waals surface area (Å²) in [6.07, 6.45) is 1.96. The fraction of sp³-hybridized carbons (Fsp3) is 0.545. The van der Waals surface area contributed by atoms with Crippen LogP contribution in [0.1, 0.15) is 17.7 Å². The van der Waals surface area contributed by atoms with Crippen LogP contribution in [0, 0.1) is 17.2 Å². The van der Waals surface area contributed by atoms with Gasteiger partial charge in [0.2, 0.25) is 10.0 Å². The third kappa shape index (κ3) is 3.29. The minimum absolute atomic E-state index is 0.191. The second kappa shape index (κ2) is 5.80. The van der Waals surface area contributed by atoms with Crippen LogP contribution < -0.4 is 4.72 Å². The molecule has 1 unspecified atom stereocenters. The normalized spacial score (nSPS) is 20.5. The lowest BCUT2D eigenvalue weighted by Gasteiger charge is -2.21. The number of thiophene rings is 1. The molecule has 1 aliphatic heterocycles. The smallest absolute Gasteiger partial charge is 0.250 e. The van der Waals surface area contributed by atoms with E-state index in [2.05, 4.69) is 4.72 Å². The first kappa shape index (κ1) is 13.5. The minimum Gasteiger partial charge on any atom is -0.381 e. The van der Waals surface area contributed by atoms with E-state index in [1.807, 2.05) is 6.07 Å². The summed E-state index contributed by atoms with van der Waals surface area (Å²) in [5.41, 5.74) is 0. The summed E-state index contributed by atoms with van der Waals surface area (Å²) in [7, 11) is -3.49. The highest BCUT2D eigenvalue weighted by Crippen LogP contribution is 2.21. The molecule has 0 spiro atoms. The Balaban J connectivity index is 1.96. The maximum absolute atomic E-state index is 12.0. The maximum atomic E-state index is 12.0. The molecule has 0 radical (unpaired) electrons. The van der Waals surface area contributed by atoms with Gasteiger partial charge in [-0.15, -0.1) is 11.3 Å². The van der Waals surface area contributed by atoms with Gasteiger partial charge in [0.25, 0.3) is 0 Å². The Morgan fingerprint density at radius 2 is 2.39 bits per heavy atom. The molecule has 1 atom stereocenters. The van der Waals surface area contributed by atoms with Crippen LogP contribution >= 0.6 is 11.3 Å². The SMILES string of the molecule is N#Cc1ccc(S(=O)(=O)NCC2CCCOC2)s1. The highest BCUT2D eigenvalue weighted by atomic mass is 32.2. The Labute approximate surface area is 110 Å². The quantitative estimate of drug-likeness (QED) is 0.905. The standard InChI is InChI=1S/C11H14N2O3S2/c12-6-10-3-4-11(17-10)18(14,15)13-7-9-2-1-5-16-8-9/h3-4,9,13H,1-2,5,7-8H2. The molecule has 98 valence electrons. The van der Waals surface area contributed by atoms with Gasteiger partial charge in [-0.2, -0.15) is 5.26 Å². The third-order valence-corrected chi connectivity index (χ3v) is 5.68. The number of nitrogens with zero attached hydrogens (tertiary/aromatic N) is 1. The van der Waals surface area contributed by atoms with Gasteiger partial charge in [0.1, 0.15) is 15.2 Å². The summed E-state index contributed by atoms with van der Waals surface area (Å²) >= 11 is 0.984. The van der Waals surface area contributed by atoms with Crippen LogP contribution in [0.4, 0.5) is 0 Å². The predicted molar refractivity (Wildman–Crippen MR) is 67.8 cm³/mol. The molecule has 0 bridgehead atoms. The van der Waals surface area contributed by atoms with E-state index >= 15 is 0 Å². The Kier molecular flexibility index (Phi) is 4.35. The molecular weight excluding hydrogens is 272 g/mol. The summed E-state index contributed by atoms with van der Waals surface area (Å²) in [4.78, 5) is 0.399. The highest BCUT2D eigenvalue weighted by molar-refractivity contribution is 7.91. The Morgan fingerprint density at radius 1 is 1.56 bits per heavy atom. The Hall–Kier alpha value is -0.940. The fourth-order valence-corrected chi connectivity index (χ4v) is 4.06. The van der Waals surface area contributed by atoms with Crippen molar-refractivity contribution in [3.63, 3.8) is 0 Å². The fourth-order valence-electron chi connectivity index (χ4n) is 1.79. The van der Waals surface area contributed by atoms with Crippen molar-refractivity contribution in [3.05, 3.63) is 17.0 Å². The molecule has 2 heterocycles. The van der Waals surface area contributed by atoms with Crippen molar-refractivity contribution in [1.82, 2.24) is 4.72 Å². The van der Waals surface area contributed by atoms with Crippen molar-refractivity contribution < 1.29 is 13.2 Å². The van der Waals surface area contributed by atoms with Gasteiger partial charge >= 0.3 is 0 Å². The van der Waals surface area contributed by atoms with Crippen LogP contribution in [-0.2, 0) is 14.8 Å². The zero-order chi connectivity index (χ0) is 13.0. The van der Waals surface area contributed by atoms with Crippen molar-refractivity contribution in [3.8, 4) is 6.07 Å². The molecule has 0 amide bonds. The zero-order valence-corrected chi connectivity index (χ0v) is 11.4. The lowest BCUT2D eigenvalue weighted by Crippen LogP contribution is -2.32. The van der Waals surface area contributed by atoms with E-state index in [1.54, 1.807) is 0 Å². The molecule has 18 heavy (non-hydrogen) atoms. The van der Waals surface area contributed by atoms with Gasteiger partial charge in [-0.1, -0.05) is 0 Å². The molecular formula is C11H14N2O3S2. The average molecular weight is 286 g/mol. The van der Waals surface area contributed by atoms with Gasteiger partial charge in [0, 0.05) is 13.2 Å². The third-order valence-electron chi connectivity index (χ3n) is 2.77. The molecule has 1 aliphatic rings. The molecule has 0 saturated carbocycles. The Morgan fingerprint density at radius 3 is 3.00 bits per heavy atom. The lowest BCUT2D eigenvalue weighted by atomic mass is 10.0. The molecule has 1 aromatic rings. The summed E-state index contributed by atoms with van der Waals surface area (Å²) in [6.45, 7) is 1.76. The largest absolute Gasteiger partial charge is 0.381 e. The van der Waals surface area contributed by atoms with Crippen molar-refractivity contribution in [2.45, 2.75) is 17.1 Å². The van der Waals surface area contributed by atoms with Crippen LogP contribution in [0.2, 0.25) is 0 Å². The van der Waals surface area contributed by atoms with E-state index in [-0.39, 0.29) is 10.1 Å². The number of ether oxygens (including phenoxy) is 1. The van der Waals surface area contributed by atoms with Crippen molar-refractivity contribution in [2.75, 3.05) is 19.8 Å². The van der Waals surface area contributed by atoms with Gasteiger partial charge in [-0.25, -0.2) is 13.1 Å².